The van der Waals surface area contributed by atoms with Crippen LogP contribution in [-0.2, 0) is 4.79 Å². The number of methoxy groups -OCH3 is 1. The number of rotatable bonds is 5. The first kappa shape index (κ1) is 15.4. The highest BCUT2D eigenvalue weighted by Gasteiger charge is 2.16. The topological polar surface area (TPSA) is 47.6 Å². The lowest BCUT2D eigenvalue weighted by Crippen LogP contribution is -2.30. The Kier molecular flexibility index (Phi) is 5.22. The van der Waals surface area contributed by atoms with Crippen molar-refractivity contribution in [3.05, 3.63) is 53.0 Å². The second-order valence-corrected chi connectivity index (χ2v) is 5.26. The average Bonchev–Trinajstić information content (AvgIpc) is 2.49. The predicted molar refractivity (Wildman–Crippen MR) is 85.9 cm³/mol. The highest BCUT2D eigenvalue weighted by atomic mass is 79.9. The van der Waals surface area contributed by atoms with E-state index in [1.807, 2.05) is 36.4 Å². The fourth-order valence-corrected chi connectivity index (χ4v) is 2.11. The molecule has 0 saturated heterocycles. The number of para-hydroxylation sites is 1. The zero-order valence-electron chi connectivity index (χ0n) is 11.8. The third-order valence-corrected chi connectivity index (χ3v) is 3.55. The normalized spacial score (nSPS) is 11.6. The fraction of sp³-hybridized carbons (Fsp3) is 0.188. The average molecular weight is 350 g/mol. The minimum absolute atomic E-state index is 0.218. The number of carbonyl (C=O) groups is 1. The lowest BCUT2D eigenvalue weighted by atomic mass is 10.3. The number of hydrogen-bond donors (Lipinski definition) is 1. The summed E-state index contributed by atoms with van der Waals surface area (Å²) in [5.74, 6) is 1.06. The summed E-state index contributed by atoms with van der Waals surface area (Å²) in [6.07, 6.45) is -0.621. The van der Waals surface area contributed by atoms with Gasteiger partial charge in [-0.25, -0.2) is 0 Å². The van der Waals surface area contributed by atoms with E-state index in [4.69, 9.17) is 9.47 Å². The molecule has 4 nitrogen and oxygen atoms in total. The van der Waals surface area contributed by atoms with E-state index < -0.39 is 6.10 Å². The highest BCUT2D eigenvalue weighted by Crippen LogP contribution is 2.23. The van der Waals surface area contributed by atoms with E-state index in [2.05, 4.69) is 21.2 Å². The van der Waals surface area contributed by atoms with Crippen molar-refractivity contribution in [2.45, 2.75) is 13.0 Å². The number of amides is 1. The maximum Gasteiger partial charge on any atom is 0.265 e. The van der Waals surface area contributed by atoms with E-state index in [9.17, 15) is 4.79 Å². The van der Waals surface area contributed by atoms with Gasteiger partial charge in [0.05, 0.1) is 12.8 Å². The van der Waals surface area contributed by atoms with Gasteiger partial charge >= 0.3 is 0 Å². The molecule has 2 aromatic rings. The number of anilines is 1. The second-order valence-electron chi connectivity index (χ2n) is 4.41. The van der Waals surface area contributed by atoms with Gasteiger partial charge in [-0.2, -0.15) is 0 Å². The monoisotopic (exact) mass is 349 g/mol. The molecule has 0 heterocycles. The molecule has 0 saturated carbocycles. The Morgan fingerprint density at radius 1 is 1.14 bits per heavy atom. The van der Waals surface area contributed by atoms with Crippen LogP contribution in [0, 0.1) is 0 Å². The molecule has 5 heteroatoms. The summed E-state index contributed by atoms with van der Waals surface area (Å²) in [6.45, 7) is 1.70. The molecule has 0 fully saturated rings. The molecule has 1 amide bonds. The Labute approximate surface area is 132 Å². The van der Waals surface area contributed by atoms with Crippen molar-refractivity contribution in [1.82, 2.24) is 0 Å². The molecule has 0 aliphatic heterocycles. The number of carbonyl (C=O) groups excluding carboxylic acids is 1. The molecule has 2 rings (SSSR count). The minimum atomic E-state index is -0.621. The molecule has 2 aromatic carbocycles. The van der Waals surface area contributed by atoms with Gasteiger partial charge in [0.25, 0.3) is 5.91 Å². The molecule has 0 unspecified atom stereocenters. The van der Waals surface area contributed by atoms with Crippen molar-refractivity contribution >= 4 is 27.5 Å². The Morgan fingerprint density at radius 2 is 1.86 bits per heavy atom. The Bertz CT molecular complexity index is 630. The zero-order valence-corrected chi connectivity index (χ0v) is 13.4. The third kappa shape index (κ3) is 4.23. The number of hydrogen-bond acceptors (Lipinski definition) is 3. The lowest BCUT2D eigenvalue weighted by Gasteiger charge is -2.15. The standard InChI is InChI=1S/C16H16BrNO3/c1-11(21-13-7-5-6-12(10-13)20-2)16(19)18-15-9-4-3-8-14(15)17/h3-11H,1-2H3,(H,18,19)/t11-/m1/s1. The van der Waals surface area contributed by atoms with E-state index in [0.717, 1.165) is 4.47 Å². The Hall–Kier alpha value is -2.01. The largest absolute Gasteiger partial charge is 0.497 e. The van der Waals surface area contributed by atoms with E-state index >= 15 is 0 Å². The first-order chi connectivity index (χ1) is 10.1. The van der Waals surface area contributed by atoms with Crippen LogP contribution in [-0.4, -0.2) is 19.1 Å². The van der Waals surface area contributed by atoms with Gasteiger partial charge in [0, 0.05) is 10.5 Å². The van der Waals surface area contributed by atoms with Crippen molar-refractivity contribution in [2.24, 2.45) is 0 Å². The van der Waals surface area contributed by atoms with Crippen molar-refractivity contribution in [2.75, 3.05) is 12.4 Å². The predicted octanol–water partition coefficient (Wildman–Crippen LogP) is 3.86. The number of ether oxygens (including phenoxy) is 2. The summed E-state index contributed by atoms with van der Waals surface area (Å²) in [6, 6.07) is 14.6. The van der Waals surface area contributed by atoms with Gasteiger partial charge in [0.2, 0.25) is 0 Å². The van der Waals surface area contributed by atoms with Crippen LogP contribution >= 0.6 is 15.9 Å². The maximum atomic E-state index is 12.1. The smallest absolute Gasteiger partial charge is 0.265 e. The molecule has 0 aromatic heterocycles. The van der Waals surface area contributed by atoms with E-state index in [-0.39, 0.29) is 5.91 Å². The first-order valence-electron chi connectivity index (χ1n) is 6.46. The van der Waals surface area contributed by atoms with Gasteiger partial charge in [-0.3, -0.25) is 4.79 Å². The molecule has 0 spiro atoms. The van der Waals surface area contributed by atoms with Crippen LogP contribution < -0.4 is 14.8 Å². The number of nitrogens with one attached hydrogen (secondary N) is 1. The molecule has 1 atom stereocenters. The maximum absolute atomic E-state index is 12.1. The fourth-order valence-electron chi connectivity index (χ4n) is 1.73. The van der Waals surface area contributed by atoms with Crippen molar-refractivity contribution in [1.29, 1.82) is 0 Å². The highest BCUT2D eigenvalue weighted by molar-refractivity contribution is 9.10. The number of halogens is 1. The van der Waals surface area contributed by atoms with Crippen LogP contribution in [0.25, 0.3) is 0 Å². The molecule has 0 radical (unpaired) electrons. The summed E-state index contributed by atoms with van der Waals surface area (Å²) < 4.78 is 11.6. The molecule has 0 bridgehead atoms. The van der Waals surface area contributed by atoms with E-state index in [1.165, 1.54) is 0 Å². The van der Waals surface area contributed by atoms with Gasteiger partial charge in [-0.15, -0.1) is 0 Å². The van der Waals surface area contributed by atoms with Gasteiger partial charge in [0.1, 0.15) is 11.5 Å². The molecular weight excluding hydrogens is 334 g/mol. The van der Waals surface area contributed by atoms with Gasteiger partial charge < -0.3 is 14.8 Å². The summed E-state index contributed by atoms with van der Waals surface area (Å²) in [7, 11) is 1.59. The first-order valence-corrected chi connectivity index (χ1v) is 7.25. The van der Waals surface area contributed by atoms with Crippen molar-refractivity contribution in [3.63, 3.8) is 0 Å². The van der Waals surface area contributed by atoms with Crippen LogP contribution in [0.5, 0.6) is 11.5 Å². The second kappa shape index (κ2) is 7.13. The SMILES string of the molecule is COc1cccc(O[C@H](C)C(=O)Nc2ccccc2Br)c1. The molecule has 110 valence electrons. The molecule has 0 aliphatic carbocycles. The summed E-state index contributed by atoms with van der Waals surface area (Å²) in [5, 5.41) is 2.82. The van der Waals surface area contributed by atoms with Gasteiger partial charge in [0.15, 0.2) is 6.10 Å². The Balaban J connectivity index is 2.01. The van der Waals surface area contributed by atoms with Crippen LogP contribution in [0.3, 0.4) is 0 Å². The van der Waals surface area contributed by atoms with E-state index in [0.29, 0.717) is 17.2 Å². The molecule has 0 aliphatic rings. The molecule has 21 heavy (non-hydrogen) atoms. The quantitative estimate of drug-likeness (QED) is 0.891. The van der Waals surface area contributed by atoms with Crippen molar-refractivity contribution in [3.8, 4) is 11.5 Å². The zero-order chi connectivity index (χ0) is 15.2. The van der Waals surface area contributed by atoms with Gasteiger partial charge in [-0.05, 0) is 47.1 Å². The summed E-state index contributed by atoms with van der Waals surface area (Å²) in [5.41, 5.74) is 0.712. The lowest BCUT2D eigenvalue weighted by molar-refractivity contribution is -0.122. The summed E-state index contributed by atoms with van der Waals surface area (Å²) >= 11 is 3.39. The Morgan fingerprint density at radius 3 is 2.57 bits per heavy atom. The van der Waals surface area contributed by atoms with Crippen LogP contribution in [0.15, 0.2) is 53.0 Å². The molecular formula is C16H16BrNO3. The molecule has 1 N–H and O–H groups in total. The minimum Gasteiger partial charge on any atom is -0.497 e. The van der Waals surface area contributed by atoms with Crippen LogP contribution in [0.2, 0.25) is 0 Å². The summed E-state index contributed by atoms with van der Waals surface area (Å²) in [4.78, 5) is 12.1. The van der Waals surface area contributed by atoms with Gasteiger partial charge in [-0.1, -0.05) is 18.2 Å². The van der Waals surface area contributed by atoms with Crippen LogP contribution in [0.4, 0.5) is 5.69 Å². The number of benzene rings is 2. The van der Waals surface area contributed by atoms with E-state index in [1.54, 1.807) is 26.2 Å². The van der Waals surface area contributed by atoms with Crippen molar-refractivity contribution < 1.29 is 14.3 Å². The third-order valence-electron chi connectivity index (χ3n) is 2.86. The van der Waals surface area contributed by atoms with Crippen LogP contribution in [0.1, 0.15) is 6.92 Å².